The maximum Gasteiger partial charge on any atom is 0.236 e. The number of hydrogen-bond acceptors (Lipinski definition) is 10. The number of ether oxygens (including phenoxy) is 2. The molecule has 6 aromatic rings. The number of nitrogen functional groups attached to an aromatic ring is 1. The van der Waals surface area contributed by atoms with Gasteiger partial charge in [-0.25, -0.2) is 15.0 Å². The minimum atomic E-state index is -0.358. The molecule has 0 aliphatic heterocycles. The third kappa shape index (κ3) is 8.44. The molecule has 47 heavy (non-hydrogen) atoms. The van der Waals surface area contributed by atoms with E-state index >= 15 is 0 Å². The monoisotopic (exact) mass is 650 g/mol. The topological polar surface area (TPSA) is 160 Å². The molecule has 0 unspecified atom stereocenters. The number of imidazole rings is 1. The number of carbonyl (C=O) groups excluding carboxylic acids is 2. The molecular weight excluding hydrogens is 620 g/mol. The number of methoxy groups -OCH3 is 2. The summed E-state index contributed by atoms with van der Waals surface area (Å²) in [6, 6.07) is 23.8. The van der Waals surface area contributed by atoms with Gasteiger partial charge in [-0.3, -0.25) is 19.0 Å². The Labute approximate surface area is 275 Å². The van der Waals surface area contributed by atoms with Crippen LogP contribution in [-0.4, -0.2) is 54.7 Å². The Morgan fingerprint density at radius 1 is 0.830 bits per heavy atom. The van der Waals surface area contributed by atoms with Gasteiger partial charge in [0.1, 0.15) is 28.7 Å². The smallest absolute Gasteiger partial charge is 0.236 e. The largest absolute Gasteiger partial charge is 0.497 e. The van der Waals surface area contributed by atoms with Crippen LogP contribution in [0.25, 0.3) is 28.6 Å². The number of nitrogens with zero attached hydrogens (tertiary/aromatic N) is 6. The predicted molar refractivity (Wildman–Crippen MR) is 179 cm³/mol. The lowest BCUT2D eigenvalue weighted by Crippen LogP contribution is -2.15. The van der Waals surface area contributed by atoms with Crippen molar-refractivity contribution in [2.24, 2.45) is 0 Å². The number of hydrogen-bond donors (Lipinski definition) is 2. The molecule has 0 bridgehead atoms. The van der Waals surface area contributed by atoms with E-state index in [-0.39, 0.29) is 29.9 Å². The fourth-order valence-electron chi connectivity index (χ4n) is 4.70. The molecule has 0 saturated heterocycles. The second-order valence-electron chi connectivity index (χ2n) is 10.2. The van der Waals surface area contributed by atoms with Crippen molar-refractivity contribution in [3.8, 4) is 34.3 Å². The van der Waals surface area contributed by atoms with Gasteiger partial charge in [0, 0.05) is 24.5 Å². The van der Waals surface area contributed by atoms with Gasteiger partial charge < -0.3 is 20.5 Å². The van der Waals surface area contributed by atoms with Crippen LogP contribution >= 0.6 is 11.6 Å². The molecule has 0 radical (unpaired) electrons. The summed E-state index contributed by atoms with van der Waals surface area (Å²) < 4.78 is 12.0. The number of aryl methyl sites for hydroxylation is 1. The molecule has 0 aliphatic carbocycles. The van der Waals surface area contributed by atoms with Gasteiger partial charge in [0.25, 0.3) is 0 Å². The van der Waals surface area contributed by atoms with Crippen LogP contribution < -0.4 is 20.5 Å². The average Bonchev–Trinajstić information content (AvgIpc) is 3.44. The van der Waals surface area contributed by atoms with E-state index in [4.69, 9.17) is 31.8 Å². The van der Waals surface area contributed by atoms with E-state index < -0.39 is 0 Å². The van der Waals surface area contributed by atoms with Crippen LogP contribution in [0.5, 0.6) is 11.5 Å². The van der Waals surface area contributed by atoms with Crippen molar-refractivity contribution in [1.29, 1.82) is 0 Å². The fraction of sp³-hybridized carbons (Fsp3) is 0.147. The molecule has 13 heteroatoms. The zero-order chi connectivity index (χ0) is 33.3. The number of anilines is 2. The van der Waals surface area contributed by atoms with Crippen molar-refractivity contribution in [2.45, 2.75) is 19.8 Å². The van der Waals surface area contributed by atoms with Gasteiger partial charge >= 0.3 is 0 Å². The molecule has 0 atom stereocenters. The number of aromatic nitrogens is 6. The van der Waals surface area contributed by atoms with Crippen LogP contribution in [0.3, 0.4) is 0 Å². The van der Waals surface area contributed by atoms with Crippen molar-refractivity contribution in [2.75, 3.05) is 25.3 Å². The minimum Gasteiger partial charge on any atom is -0.497 e. The van der Waals surface area contributed by atoms with Crippen LogP contribution in [0, 0.1) is 6.92 Å². The summed E-state index contributed by atoms with van der Waals surface area (Å²) in [5, 5.41) is 2.48. The van der Waals surface area contributed by atoms with Crippen LogP contribution in [0.4, 0.5) is 11.8 Å². The predicted octanol–water partition coefficient (Wildman–Crippen LogP) is 5.33. The molecule has 0 spiro atoms. The van der Waals surface area contributed by atoms with Crippen molar-refractivity contribution >= 4 is 40.3 Å². The maximum absolute atomic E-state index is 12.6. The number of pyridine rings is 1. The van der Waals surface area contributed by atoms with E-state index in [9.17, 15) is 9.59 Å². The summed E-state index contributed by atoms with van der Waals surface area (Å²) in [5.74, 6) is 2.15. The van der Waals surface area contributed by atoms with E-state index in [0.29, 0.717) is 40.1 Å². The average molecular weight is 651 g/mol. The molecule has 0 aliphatic rings. The SMILES string of the molecule is COc1cccc(CC(=O)Cl)c1.COc1cccc(CC(=O)Nc2ccn3c(-c4ccnc(N)n4)c(-c4cccc(C)n4)nc3n2)c1. The standard InChI is InChI=1S/C25H22N8O2.C9H9ClO2/c1-15-5-3-8-18(28-15)22-23(19-9-11-27-24(26)29-19)33-12-10-20(31-25(33)32-22)30-21(34)14-16-6-4-7-17(13-16)35-2;1-12-8-4-2-3-7(5-8)6-9(10)11/h3-13H,14H2,1-2H3,(H2,26,27,29)(H,30,31,32,34);2-5H,6H2,1H3. The summed E-state index contributed by atoms with van der Waals surface area (Å²) in [6.45, 7) is 1.91. The number of amides is 1. The lowest BCUT2D eigenvalue weighted by Gasteiger charge is -2.07. The van der Waals surface area contributed by atoms with Crippen molar-refractivity contribution in [1.82, 2.24) is 29.3 Å². The Kier molecular flexibility index (Phi) is 10.3. The van der Waals surface area contributed by atoms with Gasteiger partial charge in [0.05, 0.1) is 32.0 Å². The maximum atomic E-state index is 12.6. The highest BCUT2D eigenvalue weighted by atomic mass is 35.5. The normalized spacial score (nSPS) is 10.6. The van der Waals surface area contributed by atoms with Gasteiger partial charge in [0.15, 0.2) is 0 Å². The zero-order valence-corrected chi connectivity index (χ0v) is 26.6. The van der Waals surface area contributed by atoms with Crippen molar-refractivity contribution < 1.29 is 19.1 Å². The first-order valence-electron chi connectivity index (χ1n) is 14.4. The summed E-state index contributed by atoms with van der Waals surface area (Å²) in [5.41, 5.74) is 10.9. The number of fused-ring (bicyclic) bond motifs is 1. The molecule has 6 rings (SSSR count). The van der Waals surface area contributed by atoms with Crippen LogP contribution in [0.1, 0.15) is 16.8 Å². The highest BCUT2D eigenvalue weighted by molar-refractivity contribution is 6.63. The molecule has 4 aromatic heterocycles. The summed E-state index contributed by atoms with van der Waals surface area (Å²) in [4.78, 5) is 45.5. The third-order valence-electron chi connectivity index (χ3n) is 6.79. The Bertz CT molecular complexity index is 2050. The minimum absolute atomic E-state index is 0.148. The highest BCUT2D eigenvalue weighted by Crippen LogP contribution is 2.31. The van der Waals surface area contributed by atoms with E-state index in [2.05, 4.69) is 25.3 Å². The molecule has 1 amide bonds. The number of nitrogens with two attached hydrogens (primary N) is 1. The van der Waals surface area contributed by atoms with Gasteiger partial charge in [-0.05, 0) is 78.2 Å². The Hall–Kier alpha value is -5.88. The van der Waals surface area contributed by atoms with E-state index in [1.165, 1.54) is 0 Å². The second-order valence-corrected chi connectivity index (χ2v) is 10.6. The molecule has 0 saturated carbocycles. The third-order valence-corrected chi connectivity index (χ3v) is 6.92. The summed E-state index contributed by atoms with van der Waals surface area (Å²) in [7, 11) is 3.18. The zero-order valence-electron chi connectivity index (χ0n) is 25.8. The van der Waals surface area contributed by atoms with E-state index in [0.717, 1.165) is 22.6 Å². The van der Waals surface area contributed by atoms with Crippen molar-refractivity contribution in [3.63, 3.8) is 0 Å². The van der Waals surface area contributed by atoms with Crippen LogP contribution in [0.2, 0.25) is 0 Å². The van der Waals surface area contributed by atoms with Gasteiger partial charge in [0.2, 0.25) is 22.9 Å². The number of halogens is 1. The summed E-state index contributed by atoms with van der Waals surface area (Å²) >= 11 is 5.23. The molecule has 238 valence electrons. The van der Waals surface area contributed by atoms with E-state index in [1.807, 2.05) is 67.6 Å². The van der Waals surface area contributed by atoms with E-state index in [1.54, 1.807) is 49.2 Å². The number of rotatable bonds is 9. The lowest BCUT2D eigenvalue weighted by atomic mass is 10.1. The Morgan fingerprint density at radius 2 is 1.51 bits per heavy atom. The Balaban J connectivity index is 0.000000305. The summed E-state index contributed by atoms with van der Waals surface area (Å²) in [6.07, 6.45) is 3.80. The number of nitrogens with one attached hydrogen (secondary N) is 1. The number of benzene rings is 2. The van der Waals surface area contributed by atoms with Crippen LogP contribution in [-0.2, 0) is 22.4 Å². The highest BCUT2D eigenvalue weighted by Gasteiger charge is 2.20. The first kappa shape index (κ1) is 32.5. The molecule has 3 N–H and O–H groups in total. The van der Waals surface area contributed by atoms with Gasteiger partial charge in [-0.15, -0.1) is 0 Å². The van der Waals surface area contributed by atoms with Crippen LogP contribution in [0.15, 0.2) is 91.3 Å². The Morgan fingerprint density at radius 3 is 2.15 bits per heavy atom. The molecule has 2 aromatic carbocycles. The second kappa shape index (κ2) is 14.9. The number of carbonyl (C=O) groups is 2. The van der Waals surface area contributed by atoms with Gasteiger partial charge in [-0.1, -0.05) is 30.3 Å². The lowest BCUT2D eigenvalue weighted by molar-refractivity contribution is -0.115. The molecular formula is C34H31ClN8O4. The quantitative estimate of drug-likeness (QED) is 0.196. The van der Waals surface area contributed by atoms with Gasteiger partial charge in [-0.2, -0.15) is 4.98 Å². The first-order valence-corrected chi connectivity index (χ1v) is 14.8. The fourth-order valence-corrected chi connectivity index (χ4v) is 4.86. The van der Waals surface area contributed by atoms with Crippen molar-refractivity contribution in [3.05, 3.63) is 108 Å². The molecule has 12 nitrogen and oxygen atoms in total. The first-order chi connectivity index (χ1) is 22.7. The molecule has 0 fully saturated rings. The molecule has 4 heterocycles.